The molecule has 1 rings (SSSR count). The Kier molecular flexibility index (Phi) is 5.06. The van der Waals surface area contributed by atoms with Gasteiger partial charge in [-0.25, -0.2) is 0 Å². The molecule has 0 saturated carbocycles. The summed E-state index contributed by atoms with van der Waals surface area (Å²) in [4.78, 5) is 0. The first-order chi connectivity index (χ1) is 6.61. The Morgan fingerprint density at radius 2 is 1.47 bits per heavy atom. The van der Waals surface area contributed by atoms with Crippen LogP contribution in [-0.4, -0.2) is 13.0 Å². The summed E-state index contributed by atoms with van der Waals surface area (Å²) in [7, 11) is -0.137. The van der Waals surface area contributed by atoms with Crippen molar-refractivity contribution in [2.45, 2.75) is 6.18 Å². The minimum absolute atomic E-state index is 0.602. The molecule has 0 radical (unpaired) electrons. The van der Waals surface area contributed by atoms with Gasteiger partial charge in [-0.3, -0.25) is 4.55 Å². The quantitative estimate of drug-likeness (QED) is 0.578. The van der Waals surface area contributed by atoms with Gasteiger partial charge < -0.3 is 0 Å². The smallest absolute Gasteiger partial charge is 0.273 e. The van der Waals surface area contributed by atoms with Gasteiger partial charge in [0, 0.05) is 10.7 Å². The molecule has 0 unspecified atom stereocenters. The van der Waals surface area contributed by atoms with Crippen LogP contribution in [0.5, 0.6) is 0 Å². The lowest BCUT2D eigenvalue weighted by atomic mass is 10.2. The minimum Gasteiger partial charge on any atom is -0.273 e. The Hall–Kier alpha value is -0.790. The maximum Gasteiger partial charge on any atom is 0.416 e. The number of hydrogen-bond donors (Lipinski definition) is 1. The van der Waals surface area contributed by atoms with Crippen molar-refractivity contribution in [3.8, 4) is 0 Å². The number of hydrogen-bond acceptors (Lipinski definition) is 2. The largest absolute Gasteiger partial charge is 0.416 e. The monoisotopic (exact) mass is 262 g/mol. The van der Waals surface area contributed by atoms with Crippen LogP contribution in [0.1, 0.15) is 5.56 Å². The average molecular weight is 263 g/mol. The average Bonchev–Trinajstić information content (AvgIpc) is 2.01. The van der Waals surface area contributed by atoms with Crippen molar-refractivity contribution in [3.05, 3.63) is 35.9 Å². The van der Waals surface area contributed by atoms with Gasteiger partial charge in [0.05, 0.1) is 5.56 Å². The molecule has 0 aliphatic rings. The van der Waals surface area contributed by atoms with Crippen LogP contribution >= 0.6 is 10.7 Å². The van der Waals surface area contributed by atoms with Crippen LogP contribution in [0.3, 0.4) is 0 Å². The topological polar surface area (TPSA) is 54.4 Å². The van der Waals surface area contributed by atoms with E-state index in [-0.39, 0.29) is 0 Å². The molecule has 0 saturated heterocycles. The number of halogens is 4. The molecular formula is C7H6ClF3O3S. The van der Waals surface area contributed by atoms with E-state index in [9.17, 15) is 13.2 Å². The first-order valence-corrected chi connectivity index (χ1v) is 5.66. The molecule has 0 spiro atoms. The fourth-order valence-corrected chi connectivity index (χ4v) is 0.627. The molecule has 3 nitrogen and oxygen atoms in total. The lowest BCUT2D eigenvalue weighted by molar-refractivity contribution is -0.137. The third-order valence-corrected chi connectivity index (χ3v) is 1.10. The fraction of sp³-hybridized carbons (Fsp3) is 0.143. The van der Waals surface area contributed by atoms with E-state index in [0.717, 1.165) is 12.1 Å². The van der Waals surface area contributed by atoms with Crippen LogP contribution in [-0.2, 0) is 15.5 Å². The molecule has 1 aromatic carbocycles. The molecule has 0 aromatic heterocycles. The van der Waals surface area contributed by atoms with Crippen molar-refractivity contribution in [1.82, 2.24) is 0 Å². The van der Waals surface area contributed by atoms with Gasteiger partial charge in [-0.1, -0.05) is 30.3 Å². The van der Waals surface area contributed by atoms with E-state index >= 15 is 0 Å². The second kappa shape index (κ2) is 5.34. The van der Waals surface area contributed by atoms with Gasteiger partial charge in [-0.2, -0.15) is 21.6 Å². The molecule has 1 aromatic rings. The molecule has 15 heavy (non-hydrogen) atoms. The van der Waals surface area contributed by atoms with Gasteiger partial charge in [0.15, 0.2) is 0 Å². The van der Waals surface area contributed by atoms with Gasteiger partial charge in [-0.05, 0) is 0 Å². The summed E-state index contributed by atoms with van der Waals surface area (Å²) in [5, 5.41) is 0. The molecule has 0 atom stereocenters. The molecule has 0 bridgehead atoms. The van der Waals surface area contributed by atoms with Crippen LogP contribution in [0.2, 0.25) is 0 Å². The van der Waals surface area contributed by atoms with E-state index in [0.29, 0.717) is 0 Å². The van der Waals surface area contributed by atoms with Crippen molar-refractivity contribution in [2.24, 2.45) is 0 Å². The Labute approximate surface area is 88.7 Å². The predicted octanol–water partition coefficient (Wildman–Crippen LogP) is 2.73. The molecular weight excluding hydrogens is 257 g/mol. The van der Waals surface area contributed by atoms with Crippen LogP contribution in [0.15, 0.2) is 30.3 Å². The summed E-state index contributed by atoms with van der Waals surface area (Å²) < 4.78 is 60.5. The van der Waals surface area contributed by atoms with Gasteiger partial charge in [0.1, 0.15) is 0 Å². The van der Waals surface area contributed by atoms with Gasteiger partial charge >= 0.3 is 15.5 Å². The zero-order chi connectivity index (χ0) is 12.1. The highest BCUT2D eigenvalue weighted by Crippen LogP contribution is 2.28. The predicted molar refractivity (Wildman–Crippen MR) is 48.8 cm³/mol. The molecule has 0 heterocycles. The molecule has 0 aliphatic heterocycles. The van der Waals surface area contributed by atoms with Crippen molar-refractivity contribution >= 4 is 20.0 Å². The number of rotatable bonds is 0. The summed E-state index contributed by atoms with van der Waals surface area (Å²) >= 11 is 0. The van der Waals surface area contributed by atoms with Gasteiger partial charge in [0.2, 0.25) is 0 Å². The molecule has 8 heteroatoms. The molecule has 0 amide bonds. The van der Waals surface area contributed by atoms with Crippen molar-refractivity contribution in [3.63, 3.8) is 0 Å². The highest BCUT2D eigenvalue weighted by Gasteiger charge is 2.29. The Bertz CT molecular complexity index is 380. The first kappa shape index (κ1) is 14.2. The summed E-state index contributed by atoms with van der Waals surface area (Å²) in [5.74, 6) is 0. The maximum absolute atomic E-state index is 11.8. The van der Waals surface area contributed by atoms with Gasteiger partial charge in [-0.15, -0.1) is 0 Å². The zero-order valence-electron chi connectivity index (χ0n) is 7.07. The molecule has 0 aliphatic carbocycles. The van der Waals surface area contributed by atoms with Gasteiger partial charge in [0.25, 0.3) is 0 Å². The van der Waals surface area contributed by atoms with E-state index in [4.69, 9.17) is 13.0 Å². The lowest BCUT2D eigenvalue weighted by Gasteiger charge is -2.03. The van der Waals surface area contributed by atoms with E-state index in [2.05, 4.69) is 10.7 Å². The van der Waals surface area contributed by atoms with Crippen LogP contribution in [0.25, 0.3) is 0 Å². The second-order valence-corrected chi connectivity index (χ2v) is 4.27. The Balaban J connectivity index is 0.000000336. The first-order valence-electron chi connectivity index (χ1n) is 3.40. The Morgan fingerprint density at radius 3 is 1.67 bits per heavy atom. The second-order valence-electron chi connectivity index (χ2n) is 2.28. The van der Waals surface area contributed by atoms with E-state index in [1.54, 1.807) is 6.07 Å². The van der Waals surface area contributed by atoms with E-state index in [1.807, 2.05) is 0 Å². The fourth-order valence-electron chi connectivity index (χ4n) is 0.627. The number of benzene rings is 1. The summed E-state index contributed by atoms with van der Waals surface area (Å²) in [6, 6.07) is 6.36. The number of alkyl halides is 3. The minimum atomic E-state index is -4.21. The van der Waals surface area contributed by atoms with E-state index in [1.165, 1.54) is 12.1 Å². The van der Waals surface area contributed by atoms with Crippen LogP contribution in [0, 0.1) is 0 Å². The van der Waals surface area contributed by atoms with Crippen molar-refractivity contribution < 1.29 is 26.1 Å². The Morgan fingerprint density at radius 1 is 1.13 bits per heavy atom. The summed E-state index contributed by atoms with van der Waals surface area (Å²) in [6.45, 7) is 0. The van der Waals surface area contributed by atoms with Crippen molar-refractivity contribution in [1.29, 1.82) is 0 Å². The normalized spacial score (nSPS) is 11.5. The van der Waals surface area contributed by atoms with Crippen LogP contribution < -0.4 is 0 Å². The van der Waals surface area contributed by atoms with Crippen molar-refractivity contribution in [2.75, 3.05) is 0 Å². The van der Waals surface area contributed by atoms with Crippen LogP contribution in [0.4, 0.5) is 13.2 Å². The third kappa shape index (κ3) is 9.51. The summed E-state index contributed by atoms with van der Waals surface area (Å²) in [6.07, 6.45) is -4.21. The van der Waals surface area contributed by atoms with E-state index < -0.39 is 21.1 Å². The molecule has 0 fully saturated rings. The maximum atomic E-state index is 11.8. The highest BCUT2D eigenvalue weighted by atomic mass is 35.7. The third-order valence-electron chi connectivity index (χ3n) is 1.10. The zero-order valence-corrected chi connectivity index (χ0v) is 8.64. The summed E-state index contributed by atoms with van der Waals surface area (Å²) in [5.41, 5.74) is -0.602. The SMILES string of the molecule is FC(F)(F)c1ccccc1.O=S(=O)(O)Cl. The standard InChI is InChI=1S/C7H5F3.ClHO3S/c8-7(9,10)6-4-2-1-3-5-6;1-5(2,3)4/h1-5H;(H,2,3,4). The molecule has 86 valence electrons. The molecule has 1 N–H and O–H groups in total. The lowest BCUT2D eigenvalue weighted by Crippen LogP contribution is -2.03. The highest BCUT2D eigenvalue weighted by molar-refractivity contribution is 8.09.